The molecule has 2 N–H and O–H groups in total. The van der Waals surface area contributed by atoms with E-state index in [1.165, 1.54) is 0 Å². The lowest BCUT2D eigenvalue weighted by Crippen LogP contribution is -2.13. The molecule has 0 radical (unpaired) electrons. The van der Waals surface area contributed by atoms with E-state index in [2.05, 4.69) is 11.9 Å². The van der Waals surface area contributed by atoms with E-state index < -0.39 is 0 Å². The van der Waals surface area contributed by atoms with E-state index in [-0.39, 0.29) is 0 Å². The molecule has 0 saturated heterocycles. The van der Waals surface area contributed by atoms with Gasteiger partial charge in [-0.05, 0) is 49.6 Å². The Bertz CT molecular complexity index is 582. The van der Waals surface area contributed by atoms with Crippen LogP contribution in [0.1, 0.15) is 18.2 Å². The van der Waals surface area contributed by atoms with Crippen molar-refractivity contribution in [3.8, 4) is 0 Å². The van der Waals surface area contributed by atoms with Crippen molar-refractivity contribution in [2.45, 2.75) is 20.3 Å². The van der Waals surface area contributed by atoms with Crippen LogP contribution in [0.2, 0.25) is 10.0 Å². The second-order valence-corrected chi connectivity index (χ2v) is 5.60. The summed E-state index contributed by atoms with van der Waals surface area (Å²) in [4.78, 5) is 4.58. The van der Waals surface area contributed by atoms with Crippen molar-refractivity contribution in [2.24, 2.45) is 11.7 Å². The summed E-state index contributed by atoms with van der Waals surface area (Å²) in [5, 5.41) is 2.30. The van der Waals surface area contributed by atoms with Crippen molar-refractivity contribution in [3.63, 3.8) is 0 Å². The summed E-state index contributed by atoms with van der Waals surface area (Å²) in [7, 11) is 0. The van der Waals surface area contributed by atoms with E-state index >= 15 is 0 Å². The minimum Gasteiger partial charge on any atom is -0.330 e. The average molecular weight is 283 g/mol. The van der Waals surface area contributed by atoms with Gasteiger partial charge in [0.15, 0.2) is 0 Å². The van der Waals surface area contributed by atoms with Crippen LogP contribution >= 0.6 is 23.2 Å². The zero-order valence-corrected chi connectivity index (χ0v) is 12.0. The van der Waals surface area contributed by atoms with E-state index in [0.717, 1.165) is 28.6 Å². The maximum Gasteiger partial charge on any atom is 0.0753 e. The quantitative estimate of drug-likeness (QED) is 0.925. The highest BCUT2D eigenvalue weighted by atomic mass is 35.5. The Hall–Kier alpha value is -0.830. The van der Waals surface area contributed by atoms with E-state index in [0.29, 0.717) is 22.5 Å². The topological polar surface area (TPSA) is 38.9 Å². The monoisotopic (exact) mass is 282 g/mol. The number of hydrogen-bond acceptors (Lipinski definition) is 2. The predicted octanol–water partition coefficient (Wildman–Crippen LogP) is 3.99. The summed E-state index contributed by atoms with van der Waals surface area (Å²) in [5.41, 5.74) is 8.64. The van der Waals surface area contributed by atoms with E-state index in [1.54, 1.807) is 0 Å². The Morgan fingerprint density at radius 2 is 2.00 bits per heavy atom. The second kappa shape index (κ2) is 5.43. The van der Waals surface area contributed by atoms with Crippen LogP contribution in [0.25, 0.3) is 10.9 Å². The van der Waals surface area contributed by atoms with Crippen LogP contribution in [0.3, 0.4) is 0 Å². The molecule has 1 atom stereocenters. The highest BCUT2D eigenvalue weighted by molar-refractivity contribution is 6.36. The smallest absolute Gasteiger partial charge is 0.0753 e. The number of nitrogens with zero attached hydrogens (tertiary/aromatic N) is 1. The molecule has 0 aliphatic rings. The molecule has 2 nitrogen and oxygen atoms in total. The Labute approximate surface area is 117 Å². The summed E-state index contributed by atoms with van der Waals surface area (Å²) in [6, 6.07) is 5.68. The summed E-state index contributed by atoms with van der Waals surface area (Å²) in [6.07, 6.45) is 0.861. The Morgan fingerprint density at radius 1 is 1.28 bits per heavy atom. The molecule has 0 bridgehead atoms. The maximum atomic E-state index is 6.25. The molecule has 18 heavy (non-hydrogen) atoms. The fourth-order valence-electron chi connectivity index (χ4n) is 2.05. The lowest BCUT2D eigenvalue weighted by molar-refractivity contribution is 0.595. The van der Waals surface area contributed by atoms with Crippen LogP contribution in [0, 0.1) is 12.8 Å². The first kappa shape index (κ1) is 13.6. The number of pyridine rings is 1. The molecular formula is C14H16Cl2N2. The third-order valence-electron chi connectivity index (χ3n) is 3.01. The number of halogens is 2. The highest BCUT2D eigenvalue weighted by Crippen LogP contribution is 2.30. The Kier molecular flexibility index (Phi) is 4.10. The zero-order chi connectivity index (χ0) is 13.3. The Morgan fingerprint density at radius 3 is 2.67 bits per heavy atom. The van der Waals surface area contributed by atoms with Gasteiger partial charge in [0.1, 0.15) is 0 Å². The zero-order valence-electron chi connectivity index (χ0n) is 10.5. The number of rotatable bonds is 3. The average Bonchev–Trinajstić information content (AvgIpc) is 2.30. The van der Waals surface area contributed by atoms with Gasteiger partial charge in [-0.2, -0.15) is 0 Å². The van der Waals surface area contributed by atoms with Gasteiger partial charge in [0, 0.05) is 16.1 Å². The van der Waals surface area contributed by atoms with Gasteiger partial charge < -0.3 is 5.73 Å². The van der Waals surface area contributed by atoms with Crippen LogP contribution in [-0.4, -0.2) is 11.5 Å². The number of hydrogen-bond donors (Lipinski definition) is 1. The van der Waals surface area contributed by atoms with Gasteiger partial charge in [0.25, 0.3) is 0 Å². The molecule has 0 aliphatic heterocycles. The fourth-order valence-corrected chi connectivity index (χ4v) is 2.60. The first-order valence-electron chi connectivity index (χ1n) is 5.96. The van der Waals surface area contributed by atoms with Gasteiger partial charge in [0.05, 0.1) is 10.5 Å². The van der Waals surface area contributed by atoms with Crippen molar-refractivity contribution < 1.29 is 0 Å². The normalized spacial score (nSPS) is 12.9. The third kappa shape index (κ3) is 2.77. The Balaban J connectivity index is 2.64. The van der Waals surface area contributed by atoms with Gasteiger partial charge in [-0.25, -0.2) is 0 Å². The van der Waals surface area contributed by atoms with Crippen molar-refractivity contribution in [1.29, 1.82) is 0 Å². The standard InChI is InChI=1S/C14H16Cl2N2/c1-8(7-17)3-10-5-11(15)6-12-13(16)4-9(2)18-14(10)12/h4-6,8H,3,7,17H2,1-2H3. The SMILES string of the molecule is Cc1cc(Cl)c2cc(Cl)cc(CC(C)CN)c2n1. The van der Waals surface area contributed by atoms with E-state index in [9.17, 15) is 0 Å². The molecule has 0 aliphatic carbocycles. The van der Waals surface area contributed by atoms with Gasteiger partial charge in [-0.1, -0.05) is 30.1 Å². The molecule has 2 aromatic rings. The number of fused-ring (bicyclic) bond motifs is 1. The van der Waals surface area contributed by atoms with Crippen LogP contribution in [0.4, 0.5) is 0 Å². The molecule has 0 amide bonds. The number of benzene rings is 1. The highest BCUT2D eigenvalue weighted by Gasteiger charge is 2.11. The van der Waals surface area contributed by atoms with Crippen LogP contribution in [-0.2, 0) is 6.42 Å². The molecule has 0 fully saturated rings. The first-order chi connectivity index (χ1) is 8.51. The second-order valence-electron chi connectivity index (χ2n) is 4.75. The maximum absolute atomic E-state index is 6.25. The van der Waals surface area contributed by atoms with Crippen molar-refractivity contribution in [2.75, 3.05) is 6.54 Å². The molecule has 1 aromatic heterocycles. The minimum absolute atomic E-state index is 0.396. The molecular weight excluding hydrogens is 267 g/mol. The lowest BCUT2D eigenvalue weighted by Gasteiger charge is -2.12. The fraction of sp³-hybridized carbons (Fsp3) is 0.357. The minimum atomic E-state index is 0.396. The predicted molar refractivity (Wildman–Crippen MR) is 78.4 cm³/mol. The molecule has 1 aromatic carbocycles. The molecule has 0 spiro atoms. The number of aromatic nitrogens is 1. The largest absolute Gasteiger partial charge is 0.330 e. The van der Waals surface area contributed by atoms with Crippen LogP contribution in [0.15, 0.2) is 18.2 Å². The van der Waals surface area contributed by atoms with Crippen molar-refractivity contribution >= 4 is 34.1 Å². The van der Waals surface area contributed by atoms with Crippen molar-refractivity contribution in [3.05, 3.63) is 39.5 Å². The molecule has 1 heterocycles. The van der Waals surface area contributed by atoms with Crippen molar-refractivity contribution in [1.82, 2.24) is 4.98 Å². The molecule has 0 saturated carbocycles. The molecule has 1 unspecified atom stereocenters. The lowest BCUT2D eigenvalue weighted by atomic mass is 9.98. The van der Waals surface area contributed by atoms with Crippen LogP contribution in [0.5, 0.6) is 0 Å². The first-order valence-corrected chi connectivity index (χ1v) is 6.72. The summed E-state index contributed by atoms with van der Waals surface area (Å²) in [5.74, 6) is 0.396. The molecule has 2 rings (SSSR count). The van der Waals surface area contributed by atoms with Gasteiger partial charge in [-0.15, -0.1) is 0 Å². The summed E-state index contributed by atoms with van der Waals surface area (Å²) >= 11 is 12.4. The van der Waals surface area contributed by atoms with Gasteiger partial charge >= 0.3 is 0 Å². The number of aryl methyl sites for hydroxylation is 1. The summed E-state index contributed by atoms with van der Waals surface area (Å²) < 4.78 is 0. The third-order valence-corrected chi connectivity index (χ3v) is 3.54. The number of nitrogens with two attached hydrogens (primary N) is 1. The van der Waals surface area contributed by atoms with E-state index in [1.807, 2.05) is 25.1 Å². The summed E-state index contributed by atoms with van der Waals surface area (Å²) in [6.45, 7) is 4.70. The van der Waals surface area contributed by atoms with Crippen LogP contribution < -0.4 is 5.73 Å². The van der Waals surface area contributed by atoms with Gasteiger partial charge in [0.2, 0.25) is 0 Å². The van der Waals surface area contributed by atoms with Gasteiger partial charge in [-0.3, -0.25) is 4.98 Å². The molecule has 4 heteroatoms. The molecule has 96 valence electrons. The van der Waals surface area contributed by atoms with E-state index in [4.69, 9.17) is 28.9 Å².